The Hall–Kier alpha value is -1.84. The van der Waals surface area contributed by atoms with Crippen molar-refractivity contribution < 1.29 is 4.79 Å². The van der Waals surface area contributed by atoms with Crippen LogP contribution in [0.2, 0.25) is 0 Å². The minimum atomic E-state index is 0.480. The topological polar surface area (TPSA) is 37.6 Å². The fourth-order valence-electron chi connectivity index (χ4n) is 1.37. The molecule has 0 aliphatic heterocycles. The number of carbonyl (C=O) groups is 1. The van der Waals surface area contributed by atoms with Crippen molar-refractivity contribution in [3.63, 3.8) is 0 Å². The second-order valence-corrected chi connectivity index (χ2v) is 3.32. The molecule has 0 bridgehead atoms. The summed E-state index contributed by atoms with van der Waals surface area (Å²) in [6.07, 6.45) is 4.30. The normalized spacial score (nSPS) is 10.4. The summed E-state index contributed by atoms with van der Waals surface area (Å²) in [6.45, 7) is 0. The number of anilines is 1. The summed E-state index contributed by atoms with van der Waals surface area (Å²) in [5.41, 5.74) is 2.38. The summed E-state index contributed by atoms with van der Waals surface area (Å²) in [5, 5.41) is 0. The van der Waals surface area contributed by atoms with Crippen LogP contribution in [-0.2, 0) is 0 Å². The smallest absolute Gasteiger partial charge is 0.170 e. The molecular formula is C10H11N3O. The van der Waals surface area contributed by atoms with E-state index < -0.39 is 0 Å². The maximum absolute atomic E-state index is 10.7. The van der Waals surface area contributed by atoms with Crippen LogP contribution in [-0.4, -0.2) is 29.8 Å². The van der Waals surface area contributed by atoms with E-state index in [1.165, 1.54) is 0 Å². The average Bonchev–Trinajstić information content (AvgIpc) is 2.59. The van der Waals surface area contributed by atoms with Crippen molar-refractivity contribution >= 4 is 17.5 Å². The largest absolute Gasteiger partial charge is 0.378 e. The molecule has 14 heavy (non-hydrogen) atoms. The van der Waals surface area contributed by atoms with Crippen molar-refractivity contribution in [1.82, 2.24) is 9.38 Å². The first-order valence-corrected chi connectivity index (χ1v) is 4.31. The van der Waals surface area contributed by atoms with Crippen molar-refractivity contribution in [2.45, 2.75) is 0 Å². The number of rotatable bonds is 2. The third-order valence-electron chi connectivity index (χ3n) is 2.18. The Bertz CT molecular complexity index is 473. The molecule has 0 saturated heterocycles. The van der Waals surface area contributed by atoms with Crippen LogP contribution in [0.25, 0.3) is 5.52 Å². The van der Waals surface area contributed by atoms with E-state index >= 15 is 0 Å². The van der Waals surface area contributed by atoms with Crippen molar-refractivity contribution in [2.24, 2.45) is 0 Å². The van der Waals surface area contributed by atoms with E-state index in [9.17, 15) is 4.79 Å². The molecule has 0 radical (unpaired) electrons. The zero-order valence-electron chi connectivity index (χ0n) is 8.14. The average molecular weight is 189 g/mol. The van der Waals surface area contributed by atoms with Crippen molar-refractivity contribution in [3.05, 3.63) is 30.4 Å². The number of fused-ring (bicyclic) bond motifs is 1. The van der Waals surface area contributed by atoms with Gasteiger partial charge >= 0.3 is 0 Å². The number of imidazole rings is 1. The van der Waals surface area contributed by atoms with Crippen LogP contribution in [0.4, 0.5) is 5.69 Å². The molecule has 2 aromatic rings. The van der Waals surface area contributed by atoms with Crippen molar-refractivity contribution in [2.75, 3.05) is 19.0 Å². The van der Waals surface area contributed by atoms with Crippen LogP contribution in [0.3, 0.4) is 0 Å². The first-order valence-electron chi connectivity index (χ1n) is 4.31. The quantitative estimate of drug-likeness (QED) is 0.666. The Morgan fingerprint density at radius 2 is 2.29 bits per heavy atom. The van der Waals surface area contributed by atoms with E-state index in [1.54, 1.807) is 6.33 Å². The molecule has 0 aromatic carbocycles. The Labute approximate surface area is 81.8 Å². The van der Waals surface area contributed by atoms with Gasteiger partial charge in [-0.2, -0.15) is 0 Å². The van der Waals surface area contributed by atoms with Gasteiger partial charge in [-0.25, -0.2) is 4.98 Å². The summed E-state index contributed by atoms with van der Waals surface area (Å²) in [6, 6.07) is 3.92. The number of aldehydes is 1. The molecular weight excluding hydrogens is 178 g/mol. The van der Waals surface area contributed by atoms with E-state index in [4.69, 9.17) is 0 Å². The molecule has 0 atom stereocenters. The molecule has 72 valence electrons. The number of aromatic nitrogens is 2. The van der Waals surface area contributed by atoms with Gasteiger partial charge in [-0.1, -0.05) is 0 Å². The van der Waals surface area contributed by atoms with Gasteiger partial charge in [0, 0.05) is 26.0 Å². The number of hydrogen-bond donors (Lipinski definition) is 0. The second-order valence-electron chi connectivity index (χ2n) is 3.32. The third kappa shape index (κ3) is 1.25. The molecule has 0 unspecified atom stereocenters. The molecule has 4 nitrogen and oxygen atoms in total. The van der Waals surface area contributed by atoms with Gasteiger partial charge in [-0.05, 0) is 12.1 Å². The summed E-state index contributed by atoms with van der Waals surface area (Å²) in [4.78, 5) is 16.7. The first-order chi connectivity index (χ1) is 6.72. The van der Waals surface area contributed by atoms with Gasteiger partial charge in [0.05, 0.1) is 5.52 Å². The molecule has 0 aliphatic carbocycles. The van der Waals surface area contributed by atoms with Crippen LogP contribution >= 0.6 is 0 Å². The highest BCUT2D eigenvalue weighted by Crippen LogP contribution is 2.16. The van der Waals surface area contributed by atoms with Crippen LogP contribution in [0.1, 0.15) is 10.5 Å². The molecule has 2 rings (SSSR count). The molecule has 0 aliphatic rings. The summed E-state index contributed by atoms with van der Waals surface area (Å²) in [5.74, 6) is 0. The van der Waals surface area contributed by atoms with Gasteiger partial charge in [-0.15, -0.1) is 0 Å². The highest BCUT2D eigenvalue weighted by Gasteiger charge is 2.04. The Morgan fingerprint density at radius 3 is 2.93 bits per heavy atom. The fourth-order valence-corrected chi connectivity index (χ4v) is 1.37. The monoisotopic (exact) mass is 189 g/mol. The number of pyridine rings is 1. The van der Waals surface area contributed by atoms with E-state index in [-0.39, 0.29) is 0 Å². The minimum Gasteiger partial charge on any atom is -0.378 e. The zero-order valence-corrected chi connectivity index (χ0v) is 8.14. The lowest BCUT2D eigenvalue weighted by Gasteiger charge is -2.12. The molecule has 4 heteroatoms. The van der Waals surface area contributed by atoms with Crippen molar-refractivity contribution in [1.29, 1.82) is 0 Å². The first kappa shape index (κ1) is 8.74. The third-order valence-corrected chi connectivity index (χ3v) is 2.18. The van der Waals surface area contributed by atoms with Gasteiger partial charge in [0.15, 0.2) is 6.29 Å². The number of hydrogen-bond acceptors (Lipinski definition) is 3. The van der Waals surface area contributed by atoms with E-state index in [0.717, 1.165) is 17.5 Å². The SMILES string of the molecule is CN(C)c1ccn2cnc(C=O)c2c1. The van der Waals surface area contributed by atoms with E-state index in [2.05, 4.69) is 4.98 Å². The van der Waals surface area contributed by atoms with E-state index in [1.807, 2.05) is 41.7 Å². The Balaban J connectivity index is 2.67. The highest BCUT2D eigenvalue weighted by atomic mass is 16.1. The van der Waals surface area contributed by atoms with E-state index in [0.29, 0.717) is 5.69 Å². The van der Waals surface area contributed by atoms with Crippen LogP contribution in [0.5, 0.6) is 0 Å². The molecule has 0 saturated carbocycles. The maximum atomic E-state index is 10.7. The standard InChI is InChI=1S/C10H11N3O/c1-12(2)8-3-4-13-7-11-9(6-14)10(13)5-8/h3-7H,1-2H3. The van der Waals surface area contributed by atoms with Gasteiger partial charge in [0.1, 0.15) is 12.0 Å². The summed E-state index contributed by atoms with van der Waals surface area (Å²) in [7, 11) is 3.92. The predicted molar refractivity (Wildman–Crippen MR) is 54.9 cm³/mol. The highest BCUT2D eigenvalue weighted by molar-refractivity contribution is 5.84. The van der Waals surface area contributed by atoms with Crippen LogP contribution in [0.15, 0.2) is 24.7 Å². The lowest BCUT2D eigenvalue weighted by Crippen LogP contribution is -2.08. The van der Waals surface area contributed by atoms with Gasteiger partial charge in [0.2, 0.25) is 0 Å². The molecule has 0 amide bonds. The van der Waals surface area contributed by atoms with Gasteiger partial charge < -0.3 is 9.30 Å². The second kappa shape index (κ2) is 3.14. The summed E-state index contributed by atoms with van der Waals surface area (Å²) < 4.78 is 1.83. The fraction of sp³-hybridized carbons (Fsp3) is 0.200. The van der Waals surface area contributed by atoms with Gasteiger partial charge in [-0.3, -0.25) is 4.79 Å². The zero-order chi connectivity index (χ0) is 10.1. The molecule has 2 heterocycles. The number of nitrogens with zero attached hydrogens (tertiary/aromatic N) is 3. The van der Waals surface area contributed by atoms with Crippen molar-refractivity contribution in [3.8, 4) is 0 Å². The van der Waals surface area contributed by atoms with Gasteiger partial charge in [0.25, 0.3) is 0 Å². The maximum Gasteiger partial charge on any atom is 0.170 e. The molecule has 0 spiro atoms. The predicted octanol–water partition coefficient (Wildman–Crippen LogP) is 1.21. The summed E-state index contributed by atoms with van der Waals surface area (Å²) >= 11 is 0. The molecule has 0 fully saturated rings. The van der Waals surface area contributed by atoms with Crippen LogP contribution < -0.4 is 4.90 Å². The van der Waals surface area contributed by atoms with Crippen LogP contribution in [0, 0.1) is 0 Å². The lowest BCUT2D eigenvalue weighted by molar-refractivity contribution is 0.112. The Kier molecular flexibility index (Phi) is 1.96. The number of carbonyl (C=O) groups excluding carboxylic acids is 1. The minimum absolute atomic E-state index is 0.480. The molecule has 2 aromatic heterocycles. The lowest BCUT2D eigenvalue weighted by atomic mass is 10.3. The Morgan fingerprint density at radius 1 is 1.50 bits per heavy atom. The molecule has 0 N–H and O–H groups in total.